The second kappa shape index (κ2) is 2.85. The molecule has 0 unspecified atom stereocenters. The van der Waals surface area contributed by atoms with E-state index in [4.69, 9.17) is 5.73 Å². The Labute approximate surface area is 74.0 Å². The van der Waals surface area contributed by atoms with E-state index in [0.29, 0.717) is 5.82 Å². The van der Waals surface area contributed by atoms with Gasteiger partial charge in [0.1, 0.15) is 5.82 Å². The highest BCUT2D eigenvalue weighted by atomic mass is 16.1. The van der Waals surface area contributed by atoms with E-state index in [1.165, 1.54) is 0 Å². The smallest absolute Gasteiger partial charge is 0.225 e. The zero-order chi connectivity index (χ0) is 9.26. The monoisotopic (exact) mass is 176 g/mol. The Morgan fingerprint density at radius 3 is 3.23 bits per heavy atom. The summed E-state index contributed by atoms with van der Waals surface area (Å²) in [5.41, 5.74) is 6.67. The van der Waals surface area contributed by atoms with Gasteiger partial charge in [-0.3, -0.25) is 4.79 Å². The molecule has 0 spiro atoms. The van der Waals surface area contributed by atoms with Crippen molar-refractivity contribution in [2.24, 2.45) is 5.73 Å². The molecule has 0 aromatic carbocycles. The first kappa shape index (κ1) is 7.72. The number of nitrogens with zero attached hydrogens (tertiary/aromatic N) is 2. The Morgan fingerprint density at radius 2 is 2.46 bits per heavy atom. The third-order valence-electron chi connectivity index (χ3n) is 1.68. The molecule has 66 valence electrons. The molecule has 0 radical (unpaired) electrons. The fraction of sp³-hybridized carbons (Fsp3) is 0.125. The lowest BCUT2D eigenvalue weighted by molar-refractivity contribution is -0.117. The Balaban J connectivity index is 2.42. The van der Waals surface area contributed by atoms with Crippen LogP contribution in [0.4, 0.5) is 0 Å². The number of fused-ring (bicyclic) bond motifs is 1. The summed E-state index contributed by atoms with van der Waals surface area (Å²) in [5, 5.41) is 0. The molecule has 0 fully saturated rings. The number of rotatable bonds is 2. The number of carbonyl (C=O) groups excluding carboxylic acids is 1. The first-order valence-electron chi connectivity index (χ1n) is 3.83. The van der Waals surface area contributed by atoms with Gasteiger partial charge >= 0.3 is 0 Å². The van der Waals surface area contributed by atoms with Crippen LogP contribution >= 0.6 is 0 Å². The molecule has 0 bridgehead atoms. The van der Waals surface area contributed by atoms with Crippen LogP contribution < -0.4 is 5.73 Å². The molecule has 2 aromatic rings. The van der Waals surface area contributed by atoms with Gasteiger partial charge in [-0.2, -0.15) is 0 Å². The van der Waals surface area contributed by atoms with Gasteiger partial charge < -0.3 is 10.7 Å². The third kappa shape index (κ3) is 1.48. The zero-order valence-electron chi connectivity index (χ0n) is 6.82. The predicted molar refractivity (Wildman–Crippen MR) is 46.8 cm³/mol. The highest BCUT2D eigenvalue weighted by Gasteiger charge is 2.03. The van der Waals surface area contributed by atoms with Gasteiger partial charge in [-0.15, -0.1) is 0 Å². The summed E-state index contributed by atoms with van der Waals surface area (Å²) in [7, 11) is 0. The Morgan fingerprint density at radius 1 is 1.62 bits per heavy atom. The van der Waals surface area contributed by atoms with Crippen molar-refractivity contribution in [3.63, 3.8) is 0 Å². The van der Waals surface area contributed by atoms with Gasteiger partial charge in [0.2, 0.25) is 5.91 Å². The first-order chi connectivity index (χ1) is 6.25. The molecule has 5 heteroatoms. The first-order valence-corrected chi connectivity index (χ1v) is 3.83. The number of hydrogen-bond donors (Lipinski definition) is 2. The lowest BCUT2D eigenvalue weighted by Gasteiger charge is -1.95. The van der Waals surface area contributed by atoms with Crippen LogP contribution in [0.15, 0.2) is 18.5 Å². The molecule has 13 heavy (non-hydrogen) atoms. The van der Waals surface area contributed by atoms with Crippen molar-refractivity contribution in [3.8, 4) is 0 Å². The molecule has 5 nitrogen and oxygen atoms in total. The zero-order valence-corrected chi connectivity index (χ0v) is 6.82. The van der Waals surface area contributed by atoms with Crippen LogP contribution in [0.3, 0.4) is 0 Å². The third-order valence-corrected chi connectivity index (χ3v) is 1.68. The van der Waals surface area contributed by atoms with Gasteiger partial charge in [-0.25, -0.2) is 9.97 Å². The van der Waals surface area contributed by atoms with Gasteiger partial charge in [0.25, 0.3) is 0 Å². The predicted octanol–water partition coefficient (Wildman–Crippen LogP) is -0.0143. The minimum Gasteiger partial charge on any atom is -0.369 e. The summed E-state index contributed by atoms with van der Waals surface area (Å²) in [5.74, 6) is 0.0366. The van der Waals surface area contributed by atoms with Crippen molar-refractivity contribution in [1.29, 1.82) is 0 Å². The van der Waals surface area contributed by atoms with E-state index in [1.54, 1.807) is 12.4 Å². The lowest BCUT2D eigenvalue weighted by atomic mass is 10.3. The number of aromatic amines is 1. The summed E-state index contributed by atoms with van der Waals surface area (Å²) in [6, 6.07) is 1.82. The van der Waals surface area contributed by atoms with Crippen molar-refractivity contribution < 1.29 is 4.79 Å². The largest absolute Gasteiger partial charge is 0.369 e. The quantitative estimate of drug-likeness (QED) is 0.674. The standard InChI is InChI=1S/C8H8N4O/c9-7(13)3-8-11-4-6-5(12-8)1-2-10-6/h1-2,4,10H,3H2,(H2,9,13). The lowest BCUT2D eigenvalue weighted by Crippen LogP contribution is -2.15. The van der Waals surface area contributed by atoms with Gasteiger partial charge in [-0.1, -0.05) is 0 Å². The van der Waals surface area contributed by atoms with E-state index in [9.17, 15) is 4.79 Å². The minimum absolute atomic E-state index is 0.0844. The molecule has 2 heterocycles. The summed E-state index contributed by atoms with van der Waals surface area (Å²) < 4.78 is 0. The van der Waals surface area contributed by atoms with Crippen molar-refractivity contribution in [2.75, 3.05) is 0 Å². The summed E-state index contributed by atoms with van der Waals surface area (Å²) in [4.78, 5) is 21.6. The topological polar surface area (TPSA) is 84.7 Å². The van der Waals surface area contributed by atoms with Crippen LogP contribution in [-0.2, 0) is 11.2 Å². The fourth-order valence-electron chi connectivity index (χ4n) is 1.12. The van der Waals surface area contributed by atoms with Crippen molar-refractivity contribution >= 4 is 16.9 Å². The number of carbonyl (C=O) groups is 1. The Kier molecular flexibility index (Phi) is 1.70. The second-order valence-electron chi connectivity index (χ2n) is 2.71. The SMILES string of the molecule is NC(=O)Cc1ncc2[nH]ccc2n1. The molecule has 2 aromatic heterocycles. The highest BCUT2D eigenvalue weighted by molar-refractivity contribution is 5.77. The Hall–Kier alpha value is -1.91. The molecule has 0 aliphatic rings. The molecule has 1 amide bonds. The van der Waals surface area contributed by atoms with E-state index in [0.717, 1.165) is 11.0 Å². The number of primary amides is 1. The number of nitrogens with one attached hydrogen (secondary N) is 1. The number of H-pyrrole nitrogens is 1. The van der Waals surface area contributed by atoms with Crippen LogP contribution in [0.1, 0.15) is 5.82 Å². The van der Waals surface area contributed by atoms with Crippen molar-refractivity contribution in [1.82, 2.24) is 15.0 Å². The summed E-state index contributed by atoms with van der Waals surface area (Å²) in [6.45, 7) is 0. The fourth-order valence-corrected chi connectivity index (χ4v) is 1.12. The maximum Gasteiger partial charge on any atom is 0.225 e. The average Bonchev–Trinajstić information content (AvgIpc) is 2.49. The van der Waals surface area contributed by atoms with E-state index >= 15 is 0 Å². The van der Waals surface area contributed by atoms with Crippen LogP contribution in [0.25, 0.3) is 11.0 Å². The maximum absolute atomic E-state index is 10.6. The molecule has 0 aliphatic carbocycles. The average molecular weight is 176 g/mol. The molecule has 2 rings (SSSR count). The maximum atomic E-state index is 10.6. The number of nitrogens with two attached hydrogens (primary N) is 1. The van der Waals surface area contributed by atoms with Gasteiger partial charge in [0.15, 0.2) is 0 Å². The van der Waals surface area contributed by atoms with Gasteiger partial charge in [0.05, 0.1) is 23.7 Å². The van der Waals surface area contributed by atoms with Gasteiger partial charge in [-0.05, 0) is 6.07 Å². The summed E-state index contributed by atoms with van der Waals surface area (Å²) in [6.07, 6.45) is 3.50. The number of amides is 1. The van der Waals surface area contributed by atoms with Crippen molar-refractivity contribution in [2.45, 2.75) is 6.42 Å². The molecule has 3 N–H and O–H groups in total. The Bertz CT molecular complexity index is 448. The van der Waals surface area contributed by atoms with E-state index < -0.39 is 5.91 Å². The van der Waals surface area contributed by atoms with E-state index in [-0.39, 0.29) is 6.42 Å². The second-order valence-corrected chi connectivity index (χ2v) is 2.71. The number of aromatic nitrogens is 3. The van der Waals surface area contributed by atoms with Crippen LogP contribution in [0.2, 0.25) is 0 Å². The van der Waals surface area contributed by atoms with Crippen LogP contribution in [-0.4, -0.2) is 20.9 Å². The molecule has 0 saturated heterocycles. The van der Waals surface area contributed by atoms with Gasteiger partial charge in [0, 0.05) is 6.20 Å². The number of hydrogen-bond acceptors (Lipinski definition) is 3. The molecule has 0 atom stereocenters. The molecule has 0 aliphatic heterocycles. The minimum atomic E-state index is -0.421. The van der Waals surface area contributed by atoms with Crippen molar-refractivity contribution in [3.05, 3.63) is 24.3 Å². The van der Waals surface area contributed by atoms with Crippen LogP contribution in [0.5, 0.6) is 0 Å². The molecular formula is C8H8N4O. The normalized spacial score (nSPS) is 10.5. The van der Waals surface area contributed by atoms with E-state index in [1.807, 2.05) is 6.07 Å². The van der Waals surface area contributed by atoms with Crippen LogP contribution in [0, 0.1) is 0 Å². The summed E-state index contributed by atoms with van der Waals surface area (Å²) >= 11 is 0. The molecule has 0 saturated carbocycles. The molecular weight excluding hydrogens is 168 g/mol. The van der Waals surface area contributed by atoms with E-state index in [2.05, 4.69) is 15.0 Å². The highest BCUT2D eigenvalue weighted by Crippen LogP contribution is 2.07.